The molecule has 52 heavy (non-hydrogen) atoms. The summed E-state index contributed by atoms with van der Waals surface area (Å²) < 4.78 is 47.9. The molecule has 1 aliphatic rings. The van der Waals surface area contributed by atoms with Crippen molar-refractivity contribution in [3.8, 4) is 0 Å². The quantitative estimate of drug-likeness (QED) is 0.0686. The van der Waals surface area contributed by atoms with Crippen LogP contribution < -0.4 is 21.7 Å². The van der Waals surface area contributed by atoms with Gasteiger partial charge < -0.3 is 21.1 Å². The molecule has 4 atom stereocenters. The Morgan fingerprint density at radius 1 is 0.942 bits per heavy atom. The zero-order chi connectivity index (χ0) is 39.2. The topological polar surface area (TPSA) is 177 Å². The first kappa shape index (κ1) is 44.2. The van der Waals surface area contributed by atoms with Crippen LogP contribution in [0.1, 0.15) is 98.5 Å². The molecule has 1 heterocycles. The molecular weight excluding hydrogens is 683 g/mol. The predicted molar refractivity (Wildman–Crippen MR) is 189 cm³/mol. The number of rotatable bonds is 22. The summed E-state index contributed by atoms with van der Waals surface area (Å²) >= 11 is 0. The number of anilines is 1. The summed E-state index contributed by atoms with van der Waals surface area (Å²) in [4.78, 5) is 76.0. The maximum absolute atomic E-state index is 14.2. The average Bonchev–Trinajstić information content (AvgIpc) is 3.34. The van der Waals surface area contributed by atoms with Crippen LogP contribution in [0.5, 0.6) is 0 Å². The van der Waals surface area contributed by atoms with Crippen molar-refractivity contribution in [3.63, 3.8) is 0 Å². The molecule has 15 heteroatoms. The number of benzene rings is 1. The number of primary amides is 1. The molecule has 1 fully saturated rings. The van der Waals surface area contributed by atoms with Crippen molar-refractivity contribution in [1.82, 2.24) is 15.5 Å². The lowest BCUT2D eigenvalue weighted by atomic mass is 9.88. The Morgan fingerprint density at radius 2 is 1.60 bits per heavy atom. The van der Waals surface area contributed by atoms with Crippen molar-refractivity contribution < 1.29 is 46.7 Å². The number of carbonyl (C=O) groups excluding carboxylic acids is 6. The molecule has 1 aliphatic heterocycles. The molecule has 0 saturated carbocycles. The average molecular weight is 740 g/mol. The molecule has 0 aromatic heterocycles. The standard InChI is InChI=1S/C37H56F3N5O7/c1-22(2)28-20-31(47)45(34(28)49)18-9-7-8-12-30(37(38,39)40)44-32(23(3)4)29(46)19-26(11-10-17-42-36(41)51)33(48)43-27-15-13-25(14-16-27)21-52-35(50)24(5)6/h13-16,22-24,26,28,30,32,44H,7-12,17-21H2,1-6H3,(H,43,48)(H3,41,42,51)/t26-,28?,30+,32+/m1/s1. The molecule has 5 amide bonds. The SMILES string of the molecule is CC(C)C(=O)OCc1ccc(NC(=O)[C@H](CCCNC(N)=O)CC(=O)[C@@H](N[C@@H](CCCCCN2C(=O)CC(C(C)C)C2=O)C(F)(F)F)C(C)C)cc1. The largest absolute Gasteiger partial charge is 0.461 e. The highest BCUT2D eigenvalue weighted by Crippen LogP contribution is 2.29. The number of Topliss-reactive ketones (excluding diaryl/α,β-unsaturated/α-hetero) is 1. The van der Waals surface area contributed by atoms with E-state index in [1.165, 1.54) is 4.90 Å². The highest BCUT2D eigenvalue weighted by Gasteiger charge is 2.42. The van der Waals surface area contributed by atoms with Crippen LogP contribution in [0.3, 0.4) is 0 Å². The van der Waals surface area contributed by atoms with Crippen molar-refractivity contribution in [2.75, 3.05) is 18.4 Å². The number of nitrogens with two attached hydrogens (primary N) is 1. The van der Waals surface area contributed by atoms with Crippen LogP contribution in [-0.2, 0) is 35.3 Å². The molecule has 2 rings (SSSR count). The number of nitrogens with one attached hydrogen (secondary N) is 3. The van der Waals surface area contributed by atoms with Crippen LogP contribution in [-0.4, -0.2) is 71.8 Å². The second-order valence-electron chi connectivity index (χ2n) is 14.5. The maximum Gasteiger partial charge on any atom is 0.403 e. The van der Waals surface area contributed by atoms with Crippen molar-refractivity contribution in [1.29, 1.82) is 0 Å². The Balaban J connectivity index is 2.06. The van der Waals surface area contributed by atoms with Crippen LogP contribution >= 0.6 is 0 Å². The van der Waals surface area contributed by atoms with E-state index in [4.69, 9.17) is 10.5 Å². The van der Waals surface area contributed by atoms with Crippen LogP contribution in [0.15, 0.2) is 24.3 Å². The van der Waals surface area contributed by atoms with E-state index in [0.717, 1.165) is 0 Å². The van der Waals surface area contributed by atoms with Gasteiger partial charge in [-0.25, -0.2) is 4.79 Å². The number of nitrogens with zero attached hydrogens (tertiary/aromatic N) is 1. The van der Waals surface area contributed by atoms with Crippen LogP contribution in [0, 0.1) is 29.6 Å². The van der Waals surface area contributed by atoms with E-state index in [-0.39, 0.29) is 93.8 Å². The first-order valence-corrected chi connectivity index (χ1v) is 18.1. The number of amides is 5. The van der Waals surface area contributed by atoms with Gasteiger partial charge in [-0.15, -0.1) is 0 Å². The highest BCUT2D eigenvalue weighted by atomic mass is 19.4. The number of ether oxygens (including phenoxy) is 1. The molecule has 5 N–H and O–H groups in total. The second kappa shape index (κ2) is 20.9. The van der Waals surface area contributed by atoms with Crippen molar-refractivity contribution in [2.45, 2.75) is 118 Å². The van der Waals surface area contributed by atoms with Gasteiger partial charge in [0.05, 0.1) is 12.0 Å². The molecule has 1 aromatic carbocycles. The Morgan fingerprint density at radius 3 is 2.13 bits per heavy atom. The number of hydrogen-bond acceptors (Lipinski definition) is 8. The zero-order valence-electron chi connectivity index (χ0n) is 31.1. The summed E-state index contributed by atoms with van der Waals surface area (Å²) in [5.74, 6) is -3.99. The fourth-order valence-corrected chi connectivity index (χ4v) is 5.98. The van der Waals surface area contributed by atoms with Crippen LogP contribution in [0.2, 0.25) is 0 Å². The minimum atomic E-state index is -4.66. The summed E-state index contributed by atoms with van der Waals surface area (Å²) in [5.41, 5.74) is 6.24. The van der Waals surface area contributed by atoms with E-state index in [1.54, 1.807) is 52.0 Å². The van der Waals surface area contributed by atoms with Crippen LogP contribution in [0.25, 0.3) is 0 Å². The number of urea groups is 1. The number of alkyl halides is 3. The molecule has 0 spiro atoms. The van der Waals surface area contributed by atoms with E-state index in [0.29, 0.717) is 24.1 Å². The van der Waals surface area contributed by atoms with Crippen molar-refractivity contribution in [2.24, 2.45) is 35.3 Å². The number of carbonyl (C=O) groups is 6. The van der Waals surface area contributed by atoms with Gasteiger partial charge >= 0.3 is 18.2 Å². The van der Waals surface area contributed by atoms with Gasteiger partial charge in [-0.3, -0.25) is 34.2 Å². The summed E-state index contributed by atoms with van der Waals surface area (Å²) in [5, 5.41) is 7.72. The fraction of sp³-hybridized carbons (Fsp3) is 0.676. The Kier molecular flexibility index (Phi) is 17.7. The number of imide groups is 1. The molecule has 292 valence electrons. The summed E-state index contributed by atoms with van der Waals surface area (Å²) in [6.45, 7) is 10.8. The monoisotopic (exact) mass is 739 g/mol. The van der Waals surface area contributed by atoms with Crippen molar-refractivity contribution >= 4 is 41.2 Å². The lowest BCUT2D eigenvalue weighted by molar-refractivity contribution is -0.161. The van der Waals surface area contributed by atoms with Gasteiger partial charge in [0.2, 0.25) is 17.7 Å². The Bertz CT molecular complexity index is 1370. The molecule has 12 nitrogen and oxygen atoms in total. The first-order valence-electron chi connectivity index (χ1n) is 18.1. The van der Waals surface area contributed by atoms with E-state index >= 15 is 0 Å². The number of hydrogen-bond donors (Lipinski definition) is 4. The fourth-order valence-electron chi connectivity index (χ4n) is 5.98. The van der Waals surface area contributed by atoms with Gasteiger partial charge in [-0.2, -0.15) is 13.2 Å². The smallest absolute Gasteiger partial charge is 0.403 e. The Labute approximate surface area is 304 Å². The minimum Gasteiger partial charge on any atom is -0.461 e. The summed E-state index contributed by atoms with van der Waals surface area (Å²) in [6, 6.07) is 2.62. The number of esters is 1. The van der Waals surface area contributed by atoms with E-state index in [9.17, 15) is 41.9 Å². The molecule has 1 aromatic rings. The zero-order valence-corrected chi connectivity index (χ0v) is 31.1. The normalized spacial score (nSPS) is 16.7. The third-order valence-electron chi connectivity index (χ3n) is 9.17. The van der Waals surface area contributed by atoms with Gasteiger partial charge in [-0.1, -0.05) is 66.5 Å². The second-order valence-corrected chi connectivity index (χ2v) is 14.5. The molecular formula is C37H56F3N5O7. The van der Waals surface area contributed by atoms with E-state index < -0.39 is 47.8 Å². The van der Waals surface area contributed by atoms with Gasteiger partial charge in [-0.05, 0) is 55.2 Å². The molecule has 1 saturated heterocycles. The highest BCUT2D eigenvalue weighted by molar-refractivity contribution is 6.03. The van der Waals surface area contributed by atoms with Crippen LogP contribution in [0.4, 0.5) is 23.7 Å². The van der Waals surface area contributed by atoms with E-state index in [2.05, 4.69) is 16.0 Å². The number of ketones is 1. The molecule has 0 aliphatic carbocycles. The predicted octanol–water partition coefficient (Wildman–Crippen LogP) is 5.48. The van der Waals surface area contributed by atoms with Crippen molar-refractivity contribution in [3.05, 3.63) is 29.8 Å². The van der Waals surface area contributed by atoms with Gasteiger partial charge in [0, 0.05) is 43.5 Å². The lowest BCUT2D eigenvalue weighted by Gasteiger charge is -2.30. The third kappa shape index (κ3) is 14.5. The molecule has 0 radical (unpaired) electrons. The lowest BCUT2D eigenvalue weighted by Crippen LogP contribution is -2.52. The minimum absolute atomic E-state index is 0.0209. The number of likely N-dealkylation sites (tertiary alicyclic amines) is 1. The van der Waals surface area contributed by atoms with Gasteiger partial charge in [0.1, 0.15) is 12.6 Å². The number of halogens is 3. The summed E-state index contributed by atoms with van der Waals surface area (Å²) in [6.07, 6.45) is -3.86. The first-order chi connectivity index (χ1) is 24.3. The summed E-state index contributed by atoms with van der Waals surface area (Å²) in [7, 11) is 0. The van der Waals surface area contributed by atoms with E-state index in [1.807, 2.05) is 13.8 Å². The Hall–Kier alpha value is -4.01. The molecule has 1 unspecified atom stereocenters. The third-order valence-corrected chi connectivity index (χ3v) is 9.17. The molecule has 0 bridgehead atoms. The van der Waals surface area contributed by atoms with Gasteiger partial charge in [0.15, 0.2) is 5.78 Å². The number of unbranched alkanes of at least 4 members (excludes halogenated alkanes) is 2. The maximum atomic E-state index is 14.2. The van der Waals surface area contributed by atoms with Gasteiger partial charge in [0.25, 0.3) is 0 Å².